The lowest BCUT2D eigenvalue weighted by Crippen LogP contribution is -2.45. The van der Waals surface area contributed by atoms with Gasteiger partial charge < -0.3 is 9.15 Å². The Balaban J connectivity index is 1.73. The van der Waals surface area contributed by atoms with Crippen LogP contribution in [0.4, 0.5) is 0 Å². The first-order valence-corrected chi connectivity index (χ1v) is 7.45. The predicted molar refractivity (Wildman–Crippen MR) is 73.3 cm³/mol. The predicted octanol–water partition coefficient (Wildman–Crippen LogP) is 2.91. The van der Waals surface area contributed by atoms with Crippen molar-refractivity contribution in [3.05, 3.63) is 24.2 Å². The van der Waals surface area contributed by atoms with Gasteiger partial charge in [0.1, 0.15) is 0 Å². The molecular weight excluding hydrogens is 240 g/mol. The SMILES string of the molecule is NNC(c1ccoc1)C1CCOC2(CCCCC2)C1. The van der Waals surface area contributed by atoms with Gasteiger partial charge in [-0.25, -0.2) is 0 Å². The molecule has 3 N–H and O–H groups in total. The number of hydrazine groups is 1. The van der Waals surface area contributed by atoms with Gasteiger partial charge in [0.15, 0.2) is 0 Å². The number of hydrogen-bond acceptors (Lipinski definition) is 4. The van der Waals surface area contributed by atoms with Crippen molar-refractivity contribution in [3.63, 3.8) is 0 Å². The van der Waals surface area contributed by atoms with Crippen LogP contribution >= 0.6 is 0 Å². The third kappa shape index (κ3) is 2.71. The van der Waals surface area contributed by atoms with Crippen LogP contribution in [-0.2, 0) is 4.74 Å². The second-order valence-electron chi connectivity index (χ2n) is 6.05. The maximum absolute atomic E-state index is 6.16. The summed E-state index contributed by atoms with van der Waals surface area (Å²) in [6, 6.07) is 2.19. The molecule has 1 aliphatic heterocycles. The van der Waals surface area contributed by atoms with Crippen LogP contribution in [0.15, 0.2) is 23.0 Å². The fourth-order valence-corrected chi connectivity index (χ4v) is 3.85. The Kier molecular flexibility index (Phi) is 3.91. The van der Waals surface area contributed by atoms with Crippen LogP contribution in [0.25, 0.3) is 0 Å². The normalized spacial score (nSPS) is 28.4. The molecule has 3 rings (SSSR count). The molecule has 1 saturated carbocycles. The van der Waals surface area contributed by atoms with Crippen molar-refractivity contribution in [2.45, 2.75) is 56.6 Å². The van der Waals surface area contributed by atoms with E-state index in [0.29, 0.717) is 5.92 Å². The van der Waals surface area contributed by atoms with E-state index in [2.05, 4.69) is 5.43 Å². The molecule has 1 saturated heterocycles. The molecule has 2 aliphatic rings. The maximum atomic E-state index is 6.16. The van der Waals surface area contributed by atoms with Gasteiger partial charge >= 0.3 is 0 Å². The zero-order chi connectivity index (χ0) is 13.1. The molecule has 0 amide bonds. The number of hydrogen-bond donors (Lipinski definition) is 2. The van der Waals surface area contributed by atoms with E-state index in [4.69, 9.17) is 15.0 Å². The lowest BCUT2D eigenvalue weighted by atomic mass is 9.73. The van der Waals surface area contributed by atoms with Gasteiger partial charge in [0.2, 0.25) is 0 Å². The lowest BCUT2D eigenvalue weighted by molar-refractivity contribution is -0.122. The van der Waals surface area contributed by atoms with Crippen LogP contribution in [0.3, 0.4) is 0 Å². The molecule has 1 aromatic heterocycles. The monoisotopic (exact) mass is 264 g/mol. The lowest BCUT2D eigenvalue weighted by Gasteiger charge is -2.45. The zero-order valence-corrected chi connectivity index (χ0v) is 11.4. The minimum absolute atomic E-state index is 0.125. The quantitative estimate of drug-likeness (QED) is 0.651. The minimum Gasteiger partial charge on any atom is -0.472 e. The number of ether oxygens (including phenoxy) is 1. The van der Waals surface area contributed by atoms with Crippen molar-refractivity contribution < 1.29 is 9.15 Å². The molecule has 0 radical (unpaired) electrons. The van der Waals surface area contributed by atoms with Crippen molar-refractivity contribution >= 4 is 0 Å². The van der Waals surface area contributed by atoms with Crippen LogP contribution < -0.4 is 11.3 Å². The highest BCUT2D eigenvalue weighted by Crippen LogP contribution is 2.44. The van der Waals surface area contributed by atoms with E-state index in [1.807, 2.05) is 6.07 Å². The van der Waals surface area contributed by atoms with E-state index in [9.17, 15) is 0 Å². The van der Waals surface area contributed by atoms with Gasteiger partial charge in [-0.3, -0.25) is 11.3 Å². The summed E-state index contributed by atoms with van der Waals surface area (Å²) in [5.41, 5.74) is 4.26. The van der Waals surface area contributed by atoms with Crippen molar-refractivity contribution in [2.24, 2.45) is 11.8 Å². The molecule has 0 aromatic carbocycles. The fraction of sp³-hybridized carbons (Fsp3) is 0.733. The molecule has 4 nitrogen and oxygen atoms in total. The molecule has 2 fully saturated rings. The molecular formula is C15H24N2O2. The fourth-order valence-electron chi connectivity index (χ4n) is 3.85. The first kappa shape index (κ1) is 13.2. The van der Waals surface area contributed by atoms with E-state index in [1.54, 1.807) is 12.5 Å². The largest absolute Gasteiger partial charge is 0.472 e. The summed E-state index contributed by atoms with van der Waals surface area (Å²) in [5, 5.41) is 0. The van der Waals surface area contributed by atoms with Crippen molar-refractivity contribution in [1.29, 1.82) is 0 Å². The number of furan rings is 1. The van der Waals surface area contributed by atoms with Crippen molar-refractivity contribution in [1.82, 2.24) is 5.43 Å². The summed E-state index contributed by atoms with van der Waals surface area (Å²) >= 11 is 0. The minimum atomic E-state index is 0.125. The van der Waals surface area contributed by atoms with Gasteiger partial charge in [-0.15, -0.1) is 0 Å². The zero-order valence-electron chi connectivity index (χ0n) is 11.4. The van der Waals surface area contributed by atoms with Crippen LogP contribution in [0.2, 0.25) is 0 Å². The Bertz CT molecular complexity index is 379. The molecule has 1 spiro atoms. The first-order valence-electron chi connectivity index (χ1n) is 7.45. The summed E-state index contributed by atoms with van der Waals surface area (Å²) in [4.78, 5) is 0. The number of nitrogens with one attached hydrogen (secondary N) is 1. The average molecular weight is 264 g/mol. The third-order valence-corrected chi connectivity index (χ3v) is 4.85. The average Bonchev–Trinajstić information content (AvgIpc) is 2.95. The molecule has 19 heavy (non-hydrogen) atoms. The van der Waals surface area contributed by atoms with Crippen LogP contribution in [0, 0.1) is 5.92 Å². The van der Waals surface area contributed by atoms with E-state index in [1.165, 1.54) is 32.1 Å². The number of nitrogens with two attached hydrogens (primary N) is 1. The van der Waals surface area contributed by atoms with Gasteiger partial charge in [-0.2, -0.15) is 0 Å². The summed E-state index contributed by atoms with van der Waals surface area (Å²) in [6.07, 6.45) is 12.1. The van der Waals surface area contributed by atoms with Gasteiger partial charge in [0.25, 0.3) is 0 Å². The Morgan fingerprint density at radius 1 is 1.32 bits per heavy atom. The maximum Gasteiger partial charge on any atom is 0.0950 e. The van der Waals surface area contributed by atoms with Gasteiger partial charge in [0.05, 0.1) is 24.2 Å². The van der Waals surface area contributed by atoms with Gasteiger partial charge in [-0.1, -0.05) is 19.3 Å². The van der Waals surface area contributed by atoms with Crippen LogP contribution in [-0.4, -0.2) is 12.2 Å². The first-order chi connectivity index (χ1) is 9.33. The standard InChI is InChI=1S/C15H24N2O2/c16-17-14(13-4-8-18-11-13)12-5-9-19-15(10-12)6-2-1-3-7-15/h4,8,11-12,14,17H,1-3,5-7,9-10,16H2. The third-order valence-electron chi connectivity index (χ3n) is 4.85. The van der Waals surface area contributed by atoms with E-state index in [-0.39, 0.29) is 11.6 Å². The summed E-state index contributed by atoms with van der Waals surface area (Å²) in [5.74, 6) is 6.32. The topological polar surface area (TPSA) is 60.4 Å². The Morgan fingerprint density at radius 3 is 2.84 bits per heavy atom. The molecule has 2 unspecified atom stereocenters. The van der Waals surface area contributed by atoms with E-state index >= 15 is 0 Å². The Hall–Kier alpha value is -0.840. The molecule has 0 bridgehead atoms. The molecule has 2 heterocycles. The second-order valence-corrected chi connectivity index (χ2v) is 6.05. The van der Waals surface area contributed by atoms with Crippen molar-refractivity contribution in [2.75, 3.05) is 6.61 Å². The molecule has 2 atom stereocenters. The van der Waals surface area contributed by atoms with E-state index in [0.717, 1.165) is 25.0 Å². The van der Waals surface area contributed by atoms with Crippen LogP contribution in [0.1, 0.15) is 56.6 Å². The highest BCUT2D eigenvalue weighted by Gasteiger charge is 2.41. The summed E-state index contributed by atoms with van der Waals surface area (Å²) in [6.45, 7) is 0.862. The molecule has 1 aliphatic carbocycles. The summed E-state index contributed by atoms with van der Waals surface area (Å²) < 4.78 is 11.4. The number of rotatable bonds is 3. The van der Waals surface area contributed by atoms with Gasteiger partial charge in [0, 0.05) is 12.2 Å². The Labute approximate surface area is 114 Å². The van der Waals surface area contributed by atoms with Crippen LogP contribution in [0.5, 0.6) is 0 Å². The van der Waals surface area contributed by atoms with Crippen molar-refractivity contribution in [3.8, 4) is 0 Å². The smallest absolute Gasteiger partial charge is 0.0950 e. The summed E-state index contributed by atoms with van der Waals surface area (Å²) in [7, 11) is 0. The molecule has 106 valence electrons. The van der Waals surface area contributed by atoms with E-state index < -0.39 is 0 Å². The Morgan fingerprint density at radius 2 is 2.16 bits per heavy atom. The van der Waals surface area contributed by atoms with Gasteiger partial charge in [-0.05, 0) is 37.7 Å². The molecule has 1 aromatic rings. The second kappa shape index (κ2) is 5.65. The highest BCUT2D eigenvalue weighted by atomic mass is 16.5. The highest BCUT2D eigenvalue weighted by molar-refractivity contribution is 5.13. The molecule has 4 heteroatoms.